The van der Waals surface area contributed by atoms with Gasteiger partial charge >= 0.3 is 0 Å². The van der Waals surface area contributed by atoms with Crippen molar-refractivity contribution in [3.05, 3.63) is 70.2 Å². The van der Waals surface area contributed by atoms with Crippen LogP contribution in [0.4, 0.5) is 0 Å². The van der Waals surface area contributed by atoms with Crippen LogP contribution in [0.25, 0.3) is 0 Å². The Balaban J connectivity index is 1.92. The van der Waals surface area contributed by atoms with Crippen LogP contribution in [0.15, 0.2) is 48.5 Å². The molecule has 2 aromatic rings. The van der Waals surface area contributed by atoms with Gasteiger partial charge < -0.3 is 4.90 Å². The third-order valence-electron chi connectivity index (χ3n) is 3.83. The average molecular weight is 312 g/mol. The summed E-state index contributed by atoms with van der Waals surface area (Å²) in [5, 5.41) is 16.2. The first-order valence-corrected chi connectivity index (χ1v) is 7.25. The molecule has 0 amide bonds. The maximum absolute atomic E-state index is 12.5. The molecule has 0 fully saturated rings. The fourth-order valence-corrected chi connectivity index (χ4v) is 2.96. The van der Waals surface area contributed by atoms with E-state index in [-0.39, 0.29) is 24.1 Å². The molecule has 0 saturated heterocycles. The smallest absolute Gasteiger partial charge is 0.165 e. The van der Waals surface area contributed by atoms with E-state index < -0.39 is 0 Å². The fourth-order valence-electron chi connectivity index (χ4n) is 2.77. The van der Waals surface area contributed by atoms with E-state index in [1.165, 1.54) is 4.90 Å². The molecule has 3 rings (SSSR count). The van der Waals surface area contributed by atoms with Gasteiger partial charge in [0.15, 0.2) is 5.78 Å². The predicted molar refractivity (Wildman–Crippen MR) is 87.0 cm³/mol. The van der Waals surface area contributed by atoms with E-state index in [1.807, 2.05) is 24.3 Å². The Morgan fingerprint density at radius 1 is 1.23 bits per heavy atom. The highest BCUT2D eigenvalue weighted by Crippen LogP contribution is 2.35. The number of Topliss-reactive ketones (excluding diaryl/α,β-unsaturated/α-hetero) is 1. The van der Waals surface area contributed by atoms with Gasteiger partial charge in [-0.2, -0.15) is 0 Å². The molecular weight excluding hydrogens is 298 g/mol. The van der Waals surface area contributed by atoms with Crippen LogP contribution in [0.5, 0.6) is 0 Å². The SMILES string of the molecule is N=CN1C(=N)c2ccccc2C1CC(=O)c1cccc(Cl)c1. The van der Waals surface area contributed by atoms with Crippen molar-refractivity contribution in [2.75, 3.05) is 0 Å². The normalized spacial score (nSPS) is 16.5. The Morgan fingerprint density at radius 2 is 2.00 bits per heavy atom. The Kier molecular flexibility index (Phi) is 3.77. The number of hydrogen-bond acceptors (Lipinski definition) is 3. The van der Waals surface area contributed by atoms with Crippen molar-refractivity contribution in [2.45, 2.75) is 12.5 Å². The summed E-state index contributed by atoms with van der Waals surface area (Å²) in [5.41, 5.74) is 2.23. The zero-order valence-corrected chi connectivity index (χ0v) is 12.5. The summed E-state index contributed by atoms with van der Waals surface area (Å²) in [6.45, 7) is 0. The van der Waals surface area contributed by atoms with Crippen LogP contribution < -0.4 is 0 Å². The lowest BCUT2D eigenvalue weighted by Gasteiger charge is -2.21. The lowest BCUT2D eigenvalue weighted by Crippen LogP contribution is -2.27. The quantitative estimate of drug-likeness (QED) is 0.511. The molecule has 1 unspecified atom stereocenters. The van der Waals surface area contributed by atoms with Crippen molar-refractivity contribution in [1.29, 1.82) is 10.8 Å². The van der Waals surface area contributed by atoms with Gasteiger partial charge in [0.1, 0.15) is 5.84 Å². The fraction of sp³-hybridized carbons (Fsp3) is 0.118. The Morgan fingerprint density at radius 3 is 2.73 bits per heavy atom. The Labute approximate surface area is 133 Å². The lowest BCUT2D eigenvalue weighted by atomic mass is 9.97. The topological polar surface area (TPSA) is 68.0 Å². The molecule has 110 valence electrons. The molecule has 1 aliphatic heterocycles. The minimum atomic E-state index is -0.312. The maximum Gasteiger partial charge on any atom is 0.165 e. The van der Waals surface area contributed by atoms with Crippen LogP contribution >= 0.6 is 11.6 Å². The molecule has 22 heavy (non-hydrogen) atoms. The molecule has 0 bridgehead atoms. The van der Waals surface area contributed by atoms with Crippen LogP contribution in [0, 0.1) is 10.8 Å². The van der Waals surface area contributed by atoms with Crippen molar-refractivity contribution in [3.8, 4) is 0 Å². The van der Waals surface area contributed by atoms with Crippen molar-refractivity contribution in [3.63, 3.8) is 0 Å². The van der Waals surface area contributed by atoms with Crippen LogP contribution in [0.3, 0.4) is 0 Å². The van der Waals surface area contributed by atoms with Gasteiger partial charge in [0.2, 0.25) is 0 Å². The lowest BCUT2D eigenvalue weighted by molar-refractivity contribution is 0.0963. The van der Waals surface area contributed by atoms with E-state index in [0.717, 1.165) is 17.5 Å². The van der Waals surface area contributed by atoms with E-state index in [1.54, 1.807) is 24.3 Å². The predicted octanol–water partition coefficient (Wildman–Crippen LogP) is 3.90. The van der Waals surface area contributed by atoms with Gasteiger partial charge in [-0.25, -0.2) is 0 Å². The zero-order chi connectivity index (χ0) is 15.7. The van der Waals surface area contributed by atoms with Gasteiger partial charge in [-0.1, -0.05) is 48.0 Å². The number of benzene rings is 2. The van der Waals surface area contributed by atoms with Gasteiger partial charge in [0.25, 0.3) is 0 Å². The summed E-state index contributed by atoms with van der Waals surface area (Å²) < 4.78 is 0. The van der Waals surface area contributed by atoms with Crippen molar-refractivity contribution >= 4 is 29.6 Å². The molecule has 0 aromatic heterocycles. The van der Waals surface area contributed by atoms with Gasteiger partial charge in [-0.15, -0.1) is 0 Å². The molecule has 0 saturated carbocycles. The molecule has 1 aliphatic rings. The molecule has 0 aliphatic carbocycles. The summed E-state index contributed by atoms with van der Waals surface area (Å²) in [6.07, 6.45) is 1.31. The minimum absolute atomic E-state index is 0.0520. The molecule has 2 N–H and O–H groups in total. The summed E-state index contributed by atoms with van der Waals surface area (Å²) in [4.78, 5) is 14.0. The number of amidine groups is 1. The highest BCUT2D eigenvalue weighted by molar-refractivity contribution is 6.31. The van der Waals surface area contributed by atoms with Gasteiger partial charge in [0, 0.05) is 22.6 Å². The second-order valence-corrected chi connectivity index (χ2v) is 5.56. The maximum atomic E-state index is 12.5. The van der Waals surface area contributed by atoms with Crippen LogP contribution in [-0.4, -0.2) is 22.9 Å². The zero-order valence-electron chi connectivity index (χ0n) is 11.7. The van der Waals surface area contributed by atoms with Crippen molar-refractivity contribution in [1.82, 2.24) is 4.90 Å². The van der Waals surface area contributed by atoms with Crippen molar-refractivity contribution in [2.24, 2.45) is 0 Å². The van der Waals surface area contributed by atoms with E-state index in [9.17, 15) is 4.79 Å². The van der Waals surface area contributed by atoms with Crippen LogP contribution in [0.2, 0.25) is 5.02 Å². The molecule has 0 spiro atoms. The summed E-state index contributed by atoms with van der Waals surface area (Å²) in [6, 6.07) is 14.0. The first kappa shape index (κ1) is 14.5. The number of halogens is 1. The van der Waals surface area contributed by atoms with Crippen LogP contribution in [-0.2, 0) is 0 Å². The molecule has 5 heteroatoms. The second kappa shape index (κ2) is 5.73. The largest absolute Gasteiger partial charge is 0.310 e. The van der Waals surface area contributed by atoms with E-state index in [2.05, 4.69) is 0 Å². The number of ketones is 1. The molecule has 2 aromatic carbocycles. The molecule has 4 nitrogen and oxygen atoms in total. The van der Waals surface area contributed by atoms with E-state index in [4.69, 9.17) is 22.4 Å². The van der Waals surface area contributed by atoms with Crippen LogP contribution in [0.1, 0.15) is 33.9 Å². The van der Waals surface area contributed by atoms with Gasteiger partial charge in [-0.3, -0.25) is 15.6 Å². The van der Waals surface area contributed by atoms with E-state index >= 15 is 0 Å². The molecule has 1 heterocycles. The number of hydrogen-bond donors (Lipinski definition) is 2. The Bertz CT molecular complexity index is 772. The van der Waals surface area contributed by atoms with Gasteiger partial charge in [-0.05, 0) is 17.7 Å². The standard InChI is InChI=1S/C17H14ClN3O/c18-12-5-3-4-11(8-12)16(22)9-15-13-6-1-2-7-14(13)17(20)21(15)10-19/h1-8,10,15,19-20H,9H2. The number of rotatable bonds is 4. The number of nitrogens with zero attached hydrogens (tertiary/aromatic N) is 1. The summed E-state index contributed by atoms with van der Waals surface area (Å²) in [5.74, 6) is 0.207. The monoisotopic (exact) mass is 311 g/mol. The first-order chi connectivity index (χ1) is 10.6. The van der Waals surface area contributed by atoms with Gasteiger partial charge in [0.05, 0.1) is 12.4 Å². The summed E-state index contributed by atoms with van der Waals surface area (Å²) >= 11 is 5.93. The third-order valence-corrected chi connectivity index (χ3v) is 4.07. The van der Waals surface area contributed by atoms with E-state index in [0.29, 0.717) is 10.6 Å². The summed E-state index contributed by atoms with van der Waals surface area (Å²) in [7, 11) is 0. The Hall–Kier alpha value is -2.46. The molecule has 0 radical (unpaired) electrons. The third kappa shape index (κ3) is 2.42. The molecule has 1 atom stereocenters. The number of carbonyl (C=O) groups is 1. The number of fused-ring (bicyclic) bond motifs is 1. The molecular formula is C17H14ClN3O. The second-order valence-electron chi connectivity index (χ2n) is 5.13. The number of nitrogens with one attached hydrogen (secondary N) is 2. The highest BCUT2D eigenvalue weighted by atomic mass is 35.5. The number of carbonyl (C=O) groups excluding carboxylic acids is 1. The van der Waals surface area contributed by atoms with Crippen molar-refractivity contribution < 1.29 is 4.79 Å². The highest BCUT2D eigenvalue weighted by Gasteiger charge is 2.34. The first-order valence-electron chi connectivity index (χ1n) is 6.87. The minimum Gasteiger partial charge on any atom is -0.310 e. The average Bonchev–Trinajstić information content (AvgIpc) is 2.80.